The second-order valence-corrected chi connectivity index (χ2v) is 8.01. The Labute approximate surface area is 194 Å². The van der Waals surface area contributed by atoms with E-state index in [2.05, 4.69) is 56.4 Å². The zero-order valence-corrected chi connectivity index (χ0v) is 18.9. The number of piperazine rings is 1. The highest BCUT2D eigenvalue weighted by atomic mass is 16.1. The lowest BCUT2D eigenvalue weighted by molar-refractivity contribution is -0.112. The van der Waals surface area contributed by atoms with Gasteiger partial charge in [0, 0.05) is 68.0 Å². The standard InChI is InChI=1S/C27H29N5O/c1-4-5-7-22(16-20(2)32-14-11-28-12-15-32)27(33)30-26-18-24-17-21(9-10-23(24)19-29-26)25-8-6-13-31(25)3/h4-10,13,16-19,28H,1-2,11-12,14-15H2,3H3,(H,29,30,33)/b7-5-,22-16+. The van der Waals surface area contributed by atoms with Gasteiger partial charge in [0.25, 0.3) is 5.91 Å². The van der Waals surface area contributed by atoms with Crippen molar-refractivity contribution in [3.05, 3.63) is 97.5 Å². The zero-order chi connectivity index (χ0) is 23.2. The number of hydrogen-bond acceptors (Lipinski definition) is 4. The van der Waals surface area contributed by atoms with Crippen LogP contribution in [0.15, 0.2) is 97.5 Å². The van der Waals surface area contributed by atoms with Crippen molar-refractivity contribution in [2.24, 2.45) is 7.05 Å². The van der Waals surface area contributed by atoms with Gasteiger partial charge in [0.15, 0.2) is 0 Å². The first kappa shape index (κ1) is 22.3. The Balaban J connectivity index is 1.57. The van der Waals surface area contributed by atoms with E-state index in [9.17, 15) is 4.79 Å². The average Bonchev–Trinajstić information content (AvgIpc) is 3.27. The van der Waals surface area contributed by atoms with Gasteiger partial charge in [-0.1, -0.05) is 37.4 Å². The van der Waals surface area contributed by atoms with Crippen LogP contribution in [0, 0.1) is 0 Å². The van der Waals surface area contributed by atoms with Crippen LogP contribution >= 0.6 is 0 Å². The van der Waals surface area contributed by atoms with Crippen molar-refractivity contribution >= 4 is 22.5 Å². The van der Waals surface area contributed by atoms with Crippen LogP contribution in [-0.2, 0) is 11.8 Å². The number of anilines is 1. The van der Waals surface area contributed by atoms with Gasteiger partial charge in [-0.05, 0) is 47.4 Å². The van der Waals surface area contributed by atoms with E-state index < -0.39 is 0 Å². The zero-order valence-electron chi connectivity index (χ0n) is 18.9. The molecule has 2 aromatic heterocycles. The molecule has 33 heavy (non-hydrogen) atoms. The Morgan fingerprint density at radius 3 is 2.73 bits per heavy atom. The third-order valence-electron chi connectivity index (χ3n) is 5.72. The van der Waals surface area contributed by atoms with Gasteiger partial charge in [0.2, 0.25) is 0 Å². The Morgan fingerprint density at radius 2 is 2.00 bits per heavy atom. The van der Waals surface area contributed by atoms with Crippen molar-refractivity contribution in [3.63, 3.8) is 0 Å². The molecule has 168 valence electrons. The molecule has 3 aromatic rings. The summed E-state index contributed by atoms with van der Waals surface area (Å²) in [6.07, 6.45) is 10.8. The van der Waals surface area contributed by atoms with E-state index in [0.29, 0.717) is 11.4 Å². The maximum absolute atomic E-state index is 13.1. The van der Waals surface area contributed by atoms with Crippen LogP contribution in [0.1, 0.15) is 0 Å². The quantitative estimate of drug-likeness (QED) is 0.426. The monoisotopic (exact) mass is 439 g/mol. The number of benzene rings is 1. The third kappa shape index (κ3) is 5.30. The van der Waals surface area contributed by atoms with Gasteiger partial charge in [-0.3, -0.25) is 4.79 Å². The predicted molar refractivity (Wildman–Crippen MR) is 136 cm³/mol. The molecule has 3 heterocycles. The molecule has 1 fully saturated rings. The van der Waals surface area contributed by atoms with Crippen LogP contribution in [0.4, 0.5) is 5.82 Å². The lowest BCUT2D eigenvalue weighted by Crippen LogP contribution is -2.42. The Kier molecular flexibility index (Phi) is 6.86. The van der Waals surface area contributed by atoms with E-state index >= 15 is 0 Å². The van der Waals surface area contributed by atoms with Gasteiger partial charge < -0.3 is 20.1 Å². The second-order valence-electron chi connectivity index (χ2n) is 8.01. The molecule has 0 unspecified atom stereocenters. The molecular formula is C27H29N5O. The number of nitrogens with one attached hydrogen (secondary N) is 2. The molecular weight excluding hydrogens is 410 g/mol. The first-order chi connectivity index (χ1) is 16.0. The molecule has 1 aliphatic heterocycles. The van der Waals surface area contributed by atoms with Crippen molar-refractivity contribution < 1.29 is 4.79 Å². The van der Waals surface area contributed by atoms with Gasteiger partial charge >= 0.3 is 0 Å². The molecule has 4 rings (SSSR count). The first-order valence-corrected chi connectivity index (χ1v) is 11.0. The number of pyridine rings is 1. The van der Waals surface area contributed by atoms with Gasteiger partial charge in [0.1, 0.15) is 5.82 Å². The molecule has 0 radical (unpaired) electrons. The fourth-order valence-corrected chi connectivity index (χ4v) is 3.90. The van der Waals surface area contributed by atoms with Gasteiger partial charge in [-0.25, -0.2) is 4.98 Å². The van der Waals surface area contributed by atoms with E-state index in [4.69, 9.17) is 0 Å². The summed E-state index contributed by atoms with van der Waals surface area (Å²) >= 11 is 0. The molecule has 1 aromatic carbocycles. The van der Waals surface area contributed by atoms with Crippen molar-refractivity contribution in [2.45, 2.75) is 0 Å². The fraction of sp³-hybridized carbons (Fsp3) is 0.185. The second kappa shape index (κ2) is 10.1. The van der Waals surface area contributed by atoms with E-state index in [1.807, 2.05) is 37.5 Å². The van der Waals surface area contributed by atoms with Crippen LogP contribution in [-0.4, -0.2) is 46.5 Å². The number of carbonyl (C=O) groups excluding carboxylic acids is 1. The minimum absolute atomic E-state index is 0.241. The average molecular weight is 440 g/mol. The van der Waals surface area contributed by atoms with E-state index in [1.165, 1.54) is 0 Å². The molecule has 6 nitrogen and oxygen atoms in total. The van der Waals surface area contributed by atoms with Crippen molar-refractivity contribution in [1.29, 1.82) is 0 Å². The highest BCUT2D eigenvalue weighted by molar-refractivity contribution is 6.06. The highest BCUT2D eigenvalue weighted by Crippen LogP contribution is 2.25. The molecule has 0 aliphatic carbocycles. The van der Waals surface area contributed by atoms with E-state index in [-0.39, 0.29) is 5.91 Å². The Hall–Kier alpha value is -3.90. The number of allylic oxidation sites excluding steroid dienone is 3. The first-order valence-electron chi connectivity index (χ1n) is 11.0. The number of fused-ring (bicyclic) bond motifs is 1. The van der Waals surface area contributed by atoms with Gasteiger partial charge in [-0.15, -0.1) is 0 Å². The maximum atomic E-state index is 13.1. The van der Waals surface area contributed by atoms with Crippen molar-refractivity contribution in [1.82, 2.24) is 19.8 Å². The van der Waals surface area contributed by atoms with E-state index in [1.54, 1.807) is 24.4 Å². The van der Waals surface area contributed by atoms with Crippen LogP contribution in [0.3, 0.4) is 0 Å². The van der Waals surface area contributed by atoms with Crippen molar-refractivity contribution in [3.8, 4) is 11.3 Å². The molecule has 0 bridgehead atoms. The number of aryl methyl sites for hydroxylation is 1. The summed E-state index contributed by atoms with van der Waals surface area (Å²) in [4.78, 5) is 19.7. The molecule has 0 spiro atoms. The molecule has 2 N–H and O–H groups in total. The lowest BCUT2D eigenvalue weighted by Gasteiger charge is -2.29. The minimum Gasteiger partial charge on any atom is -0.369 e. The van der Waals surface area contributed by atoms with Crippen LogP contribution in [0.5, 0.6) is 0 Å². The van der Waals surface area contributed by atoms with Gasteiger partial charge in [-0.2, -0.15) is 0 Å². The van der Waals surface area contributed by atoms with Crippen LogP contribution in [0.25, 0.3) is 22.0 Å². The summed E-state index contributed by atoms with van der Waals surface area (Å²) in [5, 5.41) is 8.28. The number of nitrogens with zero attached hydrogens (tertiary/aromatic N) is 3. The molecule has 0 saturated carbocycles. The summed E-state index contributed by atoms with van der Waals surface area (Å²) in [6, 6.07) is 12.3. The molecule has 1 saturated heterocycles. The number of rotatable bonds is 7. The Morgan fingerprint density at radius 1 is 1.18 bits per heavy atom. The Bertz CT molecular complexity index is 1240. The number of aromatic nitrogens is 2. The number of carbonyl (C=O) groups is 1. The van der Waals surface area contributed by atoms with Crippen LogP contribution < -0.4 is 10.6 Å². The third-order valence-corrected chi connectivity index (χ3v) is 5.72. The lowest BCUT2D eigenvalue weighted by atomic mass is 10.1. The summed E-state index contributed by atoms with van der Waals surface area (Å²) in [5.41, 5.74) is 3.55. The largest absolute Gasteiger partial charge is 0.369 e. The smallest absolute Gasteiger partial charge is 0.256 e. The molecule has 1 aliphatic rings. The summed E-state index contributed by atoms with van der Waals surface area (Å²) in [6.45, 7) is 11.4. The molecule has 6 heteroatoms. The van der Waals surface area contributed by atoms with Crippen molar-refractivity contribution in [2.75, 3.05) is 31.5 Å². The number of amides is 1. The highest BCUT2D eigenvalue weighted by Gasteiger charge is 2.14. The summed E-state index contributed by atoms with van der Waals surface area (Å²) in [5.74, 6) is 0.261. The summed E-state index contributed by atoms with van der Waals surface area (Å²) < 4.78 is 2.08. The minimum atomic E-state index is -0.241. The summed E-state index contributed by atoms with van der Waals surface area (Å²) in [7, 11) is 2.02. The topological polar surface area (TPSA) is 62.2 Å². The van der Waals surface area contributed by atoms with Gasteiger partial charge in [0.05, 0.1) is 0 Å². The van der Waals surface area contributed by atoms with E-state index in [0.717, 1.165) is 53.9 Å². The molecule has 1 amide bonds. The number of hydrogen-bond donors (Lipinski definition) is 2. The maximum Gasteiger partial charge on any atom is 0.256 e. The molecule has 0 atom stereocenters. The SMILES string of the molecule is C=C/C=C\C(=C/C(=C)N1CCNCC1)C(=O)Nc1cc2cc(-c3cccn3C)ccc2cn1. The fourth-order valence-electron chi connectivity index (χ4n) is 3.90. The normalized spacial score (nSPS) is 14.6. The predicted octanol–water partition coefficient (Wildman–Crippen LogP) is 4.27. The van der Waals surface area contributed by atoms with Crippen LogP contribution in [0.2, 0.25) is 0 Å².